The number of hydrogen-bond donors (Lipinski definition) is 1. The lowest BCUT2D eigenvalue weighted by molar-refractivity contribution is 0.521. The number of hydrazone groups is 1. The first kappa shape index (κ1) is 8.29. The van der Waals surface area contributed by atoms with Crippen LogP contribution in [-0.2, 0) is 0 Å². The second kappa shape index (κ2) is 3.20. The second-order valence-corrected chi connectivity index (χ2v) is 3.35. The van der Waals surface area contributed by atoms with Gasteiger partial charge >= 0.3 is 0 Å². The van der Waals surface area contributed by atoms with E-state index in [1.807, 2.05) is 13.8 Å². The summed E-state index contributed by atoms with van der Waals surface area (Å²) in [5, 5.41) is 4.21. The molecular formula is C9H13N3O. The molecule has 0 unspecified atom stereocenters. The first-order valence-electron chi connectivity index (χ1n) is 4.48. The van der Waals surface area contributed by atoms with Crippen molar-refractivity contribution in [3.05, 3.63) is 17.8 Å². The topological polar surface area (TPSA) is 50.4 Å². The lowest BCUT2D eigenvalue weighted by Gasteiger charge is -1.96. The molecule has 1 aromatic heterocycles. The molecule has 1 saturated carbocycles. The molecule has 1 aliphatic rings. The molecule has 0 atom stereocenters. The molecule has 0 spiro atoms. The Bertz CT molecular complexity index is 325. The van der Waals surface area contributed by atoms with Gasteiger partial charge in [-0.15, -0.1) is 0 Å². The van der Waals surface area contributed by atoms with Gasteiger partial charge in [-0.25, -0.2) is 4.98 Å². The van der Waals surface area contributed by atoms with Crippen LogP contribution in [0.4, 0.5) is 0 Å². The van der Waals surface area contributed by atoms with E-state index < -0.39 is 0 Å². The highest BCUT2D eigenvalue weighted by Gasteiger charge is 2.20. The fourth-order valence-corrected chi connectivity index (χ4v) is 0.987. The maximum absolute atomic E-state index is 5.09. The molecular weight excluding hydrogens is 166 g/mol. The van der Waals surface area contributed by atoms with Crippen molar-refractivity contribution in [3.63, 3.8) is 0 Å². The van der Waals surface area contributed by atoms with Gasteiger partial charge in [-0.1, -0.05) is 0 Å². The molecule has 0 radical (unpaired) electrons. The molecule has 1 fully saturated rings. The van der Waals surface area contributed by atoms with E-state index in [0.29, 0.717) is 11.9 Å². The van der Waals surface area contributed by atoms with E-state index in [1.165, 1.54) is 12.8 Å². The first-order valence-corrected chi connectivity index (χ1v) is 4.48. The molecule has 0 saturated heterocycles. The van der Waals surface area contributed by atoms with Crippen molar-refractivity contribution >= 4 is 5.71 Å². The molecule has 0 aromatic carbocycles. The fourth-order valence-electron chi connectivity index (χ4n) is 0.987. The van der Waals surface area contributed by atoms with Gasteiger partial charge in [0.2, 0.25) is 0 Å². The SMILES string of the molecule is C/C(=N\NC1CC1)c1coc(C)n1. The van der Waals surface area contributed by atoms with Crippen molar-refractivity contribution in [2.24, 2.45) is 5.10 Å². The van der Waals surface area contributed by atoms with Crippen LogP contribution >= 0.6 is 0 Å². The van der Waals surface area contributed by atoms with Crippen LogP contribution in [0.3, 0.4) is 0 Å². The van der Waals surface area contributed by atoms with E-state index in [1.54, 1.807) is 6.26 Å². The number of aromatic nitrogens is 1. The summed E-state index contributed by atoms with van der Waals surface area (Å²) in [5.41, 5.74) is 4.76. The number of nitrogens with one attached hydrogen (secondary N) is 1. The maximum atomic E-state index is 5.09. The predicted octanol–water partition coefficient (Wildman–Crippen LogP) is 1.46. The molecule has 13 heavy (non-hydrogen) atoms. The molecule has 1 aliphatic carbocycles. The lowest BCUT2D eigenvalue weighted by atomic mass is 10.3. The van der Waals surface area contributed by atoms with Crippen molar-refractivity contribution < 1.29 is 4.42 Å². The van der Waals surface area contributed by atoms with Gasteiger partial charge in [0.1, 0.15) is 12.0 Å². The minimum atomic E-state index is 0.586. The van der Waals surface area contributed by atoms with Gasteiger partial charge in [-0.05, 0) is 19.8 Å². The average Bonchev–Trinajstić information content (AvgIpc) is 2.84. The Morgan fingerprint density at radius 2 is 2.46 bits per heavy atom. The van der Waals surface area contributed by atoms with Crippen molar-refractivity contribution in [2.45, 2.75) is 32.7 Å². The monoisotopic (exact) mass is 179 g/mol. The normalized spacial score (nSPS) is 17.5. The Labute approximate surface area is 77.0 Å². The quantitative estimate of drug-likeness (QED) is 0.564. The Morgan fingerprint density at radius 3 is 3.00 bits per heavy atom. The van der Waals surface area contributed by atoms with Crippen LogP contribution in [0, 0.1) is 6.92 Å². The van der Waals surface area contributed by atoms with Crippen LogP contribution in [0.2, 0.25) is 0 Å². The molecule has 70 valence electrons. The minimum absolute atomic E-state index is 0.586. The molecule has 0 aliphatic heterocycles. The first-order chi connectivity index (χ1) is 6.25. The predicted molar refractivity (Wildman–Crippen MR) is 49.6 cm³/mol. The molecule has 0 amide bonds. The van der Waals surface area contributed by atoms with Gasteiger partial charge in [-0.2, -0.15) is 5.10 Å². The zero-order valence-corrected chi connectivity index (χ0v) is 7.87. The third kappa shape index (κ3) is 2.08. The van der Waals surface area contributed by atoms with Crippen molar-refractivity contribution in [1.29, 1.82) is 0 Å². The summed E-state index contributed by atoms with van der Waals surface area (Å²) in [7, 11) is 0. The zero-order valence-electron chi connectivity index (χ0n) is 7.87. The summed E-state index contributed by atoms with van der Waals surface area (Å²) in [6, 6.07) is 0.586. The molecule has 4 heteroatoms. The van der Waals surface area contributed by atoms with Crippen molar-refractivity contribution in [1.82, 2.24) is 10.4 Å². The van der Waals surface area contributed by atoms with Gasteiger partial charge in [0, 0.05) is 13.0 Å². The van der Waals surface area contributed by atoms with E-state index in [2.05, 4.69) is 15.5 Å². The zero-order chi connectivity index (χ0) is 9.26. The summed E-state index contributed by atoms with van der Waals surface area (Å²) < 4.78 is 5.09. The Kier molecular flexibility index (Phi) is 2.04. The minimum Gasteiger partial charge on any atom is -0.449 e. The Hall–Kier alpha value is -1.32. The summed E-state index contributed by atoms with van der Waals surface area (Å²) in [4.78, 5) is 4.17. The molecule has 4 nitrogen and oxygen atoms in total. The highest BCUT2D eigenvalue weighted by molar-refractivity contribution is 5.96. The Balaban J connectivity index is 2.02. The average molecular weight is 179 g/mol. The largest absolute Gasteiger partial charge is 0.449 e. The number of hydrogen-bond acceptors (Lipinski definition) is 4. The van der Waals surface area contributed by atoms with E-state index >= 15 is 0 Å². The highest BCUT2D eigenvalue weighted by Crippen LogP contribution is 2.18. The van der Waals surface area contributed by atoms with E-state index in [4.69, 9.17) is 4.42 Å². The molecule has 1 N–H and O–H groups in total. The second-order valence-electron chi connectivity index (χ2n) is 3.35. The fraction of sp³-hybridized carbons (Fsp3) is 0.556. The highest BCUT2D eigenvalue weighted by atomic mass is 16.3. The van der Waals surface area contributed by atoms with Crippen LogP contribution < -0.4 is 5.43 Å². The van der Waals surface area contributed by atoms with Crippen LogP contribution in [0.5, 0.6) is 0 Å². The number of nitrogens with zero attached hydrogens (tertiary/aromatic N) is 2. The van der Waals surface area contributed by atoms with Crippen LogP contribution in [0.15, 0.2) is 15.8 Å². The van der Waals surface area contributed by atoms with Gasteiger partial charge in [0.15, 0.2) is 5.89 Å². The van der Waals surface area contributed by atoms with Crippen molar-refractivity contribution in [3.8, 4) is 0 Å². The van der Waals surface area contributed by atoms with E-state index in [-0.39, 0.29) is 0 Å². The van der Waals surface area contributed by atoms with Gasteiger partial charge < -0.3 is 9.84 Å². The van der Waals surface area contributed by atoms with Gasteiger partial charge in [-0.3, -0.25) is 0 Å². The van der Waals surface area contributed by atoms with E-state index in [9.17, 15) is 0 Å². The van der Waals surface area contributed by atoms with Crippen LogP contribution in [0.25, 0.3) is 0 Å². The number of oxazole rings is 1. The smallest absolute Gasteiger partial charge is 0.191 e. The molecule has 0 bridgehead atoms. The van der Waals surface area contributed by atoms with Gasteiger partial charge in [0.25, 0.3) is 0 Å². The Morgan fingerprint density at radius 1 is 1.69 bits per heavy atom. The third-order valence-electron chi connectivity index (χ3n) is 1.98. The van der Waals surface area contributed by atoms with Crippen LogP contribution in [-0.4, -0.2) is 16.7 Å². The van der Waals surface area contributed by atoms with Crippen LogP contribution in [0.1, 0.15) is 31.4 Å². The standard InChI is InChI=1S/C9H13N3O/c1-6(11-12-8-3-4-8)9-5-13-7(2)10-9/h5,8,12H,3-4H2,1-2H3/b11-6+. The van der Waals surface area contributed by atoms with Crippen molar-refractivity contribution in [2.75, 3.05) is 0 Å². The maximum Gasteiger partial charge on any atom is 0.191 e. The summed E-state index contributed by atoms with van der Waals surface area (Å²) in [6.07, 6.45) is 4.09. The van der Waals surface area contributed by atoms with E-state index in [0.717, 1.165) is 11.4 Å². The summed E-state index contributed by atoms with van der Waals surface area (Å²) in [6.45, 7) is 3.75. The third-order valence-corrected chi connectivity index (χ3v) is 1.98. The summed E-state index contributed by atoms with van der Waals surface area (Å²) in [5.74, 6) is 0.677. The summed E-state index contributed by atoms with van der Waals surface area (Å²) >= 11 is 0. The molecule has 1 heterocycles. The lowest BCUT2D eigenvalue weighted by Crippen LogP contribution is -2.11. The molecule has 1 aromatic rings. The molecule has 2 rings (SSSR count). The number of aryl methyl sites for hydroxylation is 1. The number of rotatable bonds is 3. The van der Waals surface area contributed by atoms with Gasteiger partial charge in [0.05, 0.1) is 5.71 Å².